The summed E-state index contributed by atoms with van der Waals surface area (Å²) in [5.41, 5.74) is 1.61. The molecule has 0 aliphatic carbocycles. The van der Waals surface area contributed by atoms with Gasteiger partial charge in [-0.1, -0.05) is 30.3 Å². The second-order valence-electron chi connectivity index (χ2n) is 8.14. The molecule has 0 saturated heterocycles. The average Bonchev–Trinajstić information content (AvgIpc) is 3.43. The molecular weight excluding hydrogens is 460 g/mol. The monoisotopic (exact) mass is 478 g/mol. The summed E-state index contributed by atoms with van der Waals surface area (Å²) in [4.78, 5) is 39.5. The summed E-state index contributed by atoms with van der Waals surface area (Å²) in [5, 5.41) is 20.7. The maximum absolute atomic E-state index is 13.6. The van der Waals surface area contributed by atoms with Crippen LogP contribution in [0, 0.1) is 11.3 Å². The molecule has 1 atom stereocenters. The highest BCUT2D eigenvalue weighted by atomic mass is 16.5. The number of nitriles is 1. The molecule has 176 valence electrons. The summed E-state index contributed by atoms with van der Waals surface area (Å²) in [7, 11) is 0. The number of benzene rings is 3. The minimum Gasteiger partial charge on any atom is -0.503 e. The van der Waals surface area contributed by atoms with Gasteiger partial charge in [0, 0.05) is 18.0 Å². The third-order valence-electron chi connectivity index (χ3n) is 5.83. The molecule has 36 heavy (non-hydrogen) atoms. The van der Waals surface area contributed by atoms with E-state index in [2.05, 4.69) is 0 Å². The molecule has 8 nitrogen and oxygen atoms in total. The van der Waals surface area contributed by atoms with Crippen LogP contribution in [0.2, 0.25) is 0 Å². The first-order chi connectivity index (χ1) is 17.4. The van der Waals surface area contributed by atoms with E-state index in [4.69, 9.17) is 14.4 Å². The number of fused-ring (bicyclic) bond motifs is 1. The summed E-state index contributed by atoms with van der Waals surface area (Å²) >= 11 is 0. The van der Waals surface area contributed by atoms with Crippen molar-refractivity contribution in [2.75, 3.05) is 4.90 Å². The van der Waals surface area contributed by atoms with Crippen LogP contribution in [0.4, 0.5) is 5.69 Å². The van der Waals surface area contributed by atoms with Crippen molar-refractivity contribution in [3.8, 4) is 11.8 Å². The van der Waals surface area contributed by atoms with Crippen LogP contribution in [-0.4, -0.2) is 22.8 Å². The molecule has 0 bridgehead atoms. The predicted octanol–water partition coefficient (Wildman–Crippen LogP) is 5.01. The fraction of sp³-hybridized carbons (Fsp3) is 0.0714. The van der Waals surface area contributed by atoms with Crippen molar-refractivity contribution >= 4 is 34.3 Å². The number of aliphatic hydroxyl groups excluding tert-OH is 1. The molecule has 1 N–H and O–H groups in total. The molecule has 1 aliphatic rings. The average molecular weight is 478 g/mol. The van der Waals surface area contributed by atoms with E-state index in [1.54, 1.807) is 60.7 Å². The van der Waals surface area contributed by atoms with Crippen molar-refractivity contribution in [2.24, 2.45) is 0 Å². The van der Waals surface area contributed by atoms with E-state index >= 15 is 0 Å². The Morgan fingerprint density at radius 1 is 1.03 bits per heavy atom. The summed E-state index contributed by atoms with van der Waals surface area (Å²) < 4.78 is 10.8. The van der Waals surface area contributed by atoms with Crippen LogP contribution in [0.3, 0.4) is 0 Å². The highest BCUT2D eigenvalue weighted by molar-refractivity contribution is 6.20. The van der Waals surface area contributed by atoms with Crippen LogP contribution in [0.15, 0.2) is 94.6 Å². The van der Waals surface area contributed by atoms with Crippen molar-refractivity contribution < 1.29 is 28.6 Å². The lowest BCUT2D eigenvalue weighted by molar-refractivity contribution is -0.131. The lowest BCUT2D eigenvalue weighted by Crippen LogP contribution is -2.31. The highest BCUT2D eigenvalue weighted by Crippen LogP contribution is 2.42. The number of nitrogens with zero attached hydrogens (tertiary/aromatic N) is 2. The Hall–Kier alpha value is -5.16. The molecule has 1 aromatic heterocycles. The van der Waals surface area contributed by atoms with E-state index in [0.29, 0.717) is 33.5 Å². The first kappa shape index (κ1) is 22.6. The molecule has 1 aliphatic heterocycles. The van der Waals surface area contributed by atoms with Gasteiger partial charge in [0.2, 0.25) is 5.78 Å². The van der Waals surface area contributed by atoms with Gasteiger partial charge in [0.05, 0.1) is 23.2 Å². The fourth-order valence-corrected chi connectivity index (χ4v) is 4.23. The van der Waals surface area contributed by atoms with Gasteiger partial charge in [0.25, 0.3) is 5.91 Å². The van der Waals surface area contributed by atoms with Gasteiger partial charge < -0.3 is 14.3 Å². The number of ketones is 1. The number of carbonyl (C=O) groups is 3. The molecule has 1 amide bonds. The maximum atomic E-state index is 13.6. The number of furan rings is 1. The number of ether oxygens (including phenoxy) is 1. The van der Waals surface area contributed by atoms with Crippen LogP contribution in [-0.2, 0) is 9.59 Å². The lowest BCUT2D eigenvalue weighted by atomic mass is 9.94. The third-order valence-corrected chi connectivity index (χ3v) is 5.83. The normalized spacial score (nSPS) is 15.3. The van der Waals surface area contributed by atoms with Gasteiger partial charge in [-0.2, -0.15) is 5.26 Å². The van der Waals surface area contributed by atoms with Crippen molar-refractivity contribution in [1.29, 1.82) is 5.26 Å². The van der Waals surface area contributed by atoms with Crippen molar-refractivity contribution in [2.45, 2.75) is 13.0 Å². The van der Waals surface area contributed by atoms with E-state index < -0.39 is 29.5 Å². The molecule has 4 aromatic rings. The van der Waals surface area contributed by atoms with E-state index in [9.17, 15) is 19.5 Å². The Balaban J connectivity index is 1.62. The van der Waals surface area contributed by atoms with Gasteiger partial charge in [0.15, 0.2) is 11.5 Å². The zero-order chi connectivity index (χ0) is 25.4. The molecule has 0 saturated carbocycles. The standard InChI is InChI=1S/C28H18N2O6/c1-16(31)35-21-12-8-18(9-13-21)25-24(26(32)23-14-19-4-2-3-5-22(19)36-23)27(33)28(34)30(25)20-10-6-17(15-29)7-11-20/h2-14,25,33H,1H3. The van der Waals surface area contributed by atoms with Crippen LogP contribution in [0.5, 0.6) is 5.75 Å². The summed E-state index contributed by atoms with van der Waals surface area (Å²) in [6.45, 7) is 1.28. The number of hydrogen-bond donors (Lipinski definition) is 1. The molecule has 8 heteroatoms. The molecule has 0 spiro atoms. The van der Waals surface area contributed by atoms with Gasteiger partial charge in [-0.05, 0) is 54.1 Å². The zero-order valence-electron chi connectivity index (χ0n) is 19.0. The minimum atomic E-state index is -1.00. The molecule has 2 heterocycles. The van der Waals surface area contributed by atoms with Gasteiger partial charge in [-0.3, -0.25) is 19.3 Å². The molecule has 1 unspecified atom stereocenters. The number of hydrogen-bond acceptors (Lipinski definition) is 7. The van der Waals surface area contributed by atoms with Crippen LogP contribution >= 0.6 is 0 Å². The Morgan fingerprint density at radius 3 is 2.36 bits per heavy atom. The van der Waals surface area contributed by atoms with Crippen molar-refractivity contribution in [3.63, 3.8) is 0 Å². The SMILES string of the molecule is CC(=O)Oc1ccc(C2C(C(=O)c3cc4ccccc4o3)=C(O)C(=O)N2c2ccc(C#N)cc2)cc1. The minimum absolute atomic E-state index is 0.0197. The number of carbonyl (C=O) groups excluding carboxylic acids is 3. The summed E-state index contributed by atoms with van der Waals surface area (Å²) in [6, 6.07) is 22.2. The van der Waals surface area contributed by atoms with Crippen LogP contribution < -0.4 is 9.64 Å². The lowest BCUT2D eigenvalue weighted by Gasteiger charge is -2.27. The number of anilines is 1. The Bertz CT molecular complexity index is 1560. The topological polar surface area (TPSA) is 121 Å². The highest BCUT2D eigenvalue weighted by Gasteiger charge is 2.45. The molecule has 0 radical (unpaired) electrons. The third kappa shape index (κ3) is 3.89. The summed E-state index contributed by atoms with van der Waals surface area (Å²) in [6.07, 6.45) is 0. The summed E-state index contributed by atoms with van der Waals surface area (Å²) in [5.74, 6) is -2.32. The number of amides is 1. The second kappa shape index (κ2) is 8.89. The molecular formula is C28H18N2O6. The fourth-order valence-electron chi connectivity index (χ4n) is 4.23. The Kier molecular flexibility index (Phi) is 5.59. The first-order valence-corrected chi connectivity index (χ1v) is 11.0. The van der Waals surface area contributed by atoms with Crippen LogP contribution in [0.25, 0.3) is 11.0 Å². The van der Waals surface area contributed by atoms with E-state index in [0.717, 1.165) is 0 Å². The Labute approximate surface area is 205 Å². The smallest absolute Gasteiger partial charge is 0.308 e. The Morgan fingerprint density at radius 2 is 1.72 bits per heavy atom. The first-order valence-electron chi connectivity index (χ1n) is 11.0. The molecule has 3 aromatic carbocycles. The van der Waals surface area contributed by atoms with E-state index in [1.165, 1.54) is 24.0 Å². The second-order valence-corrected chi connectivity index (χ2v) is 8.14. The molecule has 0 fully saturated rings. The van der Waals surface area contributed by atoms with Crippen LogP contribution in [0.1, 0.15) is 34.6 Å². The maximum Gasteiger partial charge on any atom is 0.308 e. The van der Waals surface area contributed by atoms with Gasteiger partial charge >= 0.3 is 5.97 Å². The predicted molar refractivity (Wildman–Crippen MR) is 129 cm³/mol. The molecule has 5 rings (SSSR count). The number of para-hydroxylation sites is 1. The number of Topliss-reactive ketones (excluding diaryl/α,β-unsaturated/α-hetero) is 1. The van der Waals surface area contributed by atoms with Crippen molar-refractivity contribution in [3.05, 3.63) is 107 Å². The van der Waals surface area contributed by atoms with Gasteiger partial charge in [0.1, 0.15) is 11.3 Å². The van der Waals surface area contributed by atoms with E-state index in [1.807, 2.05) is 12.1 Å². The largest absolute Gasteiger partial charge is 0.503 e. The number of rotatable bonds is 5. The zero-order valence-corrected chi connectivity index (χ0v) is 19.0. The quantitative estimate of drug-likeness (QED) is 0.243. The van der Waals surface area contributed by atoms with Gasteiger partial charge in [-0.25, -0.2) is 0 Å². The number of esters is 1. The number of aliphatic hydroxyl groups is 1. The van der Waals surface area contributed by atoms with E-state index in [-0.39, 0.29) is 11.3 Å². The van der Waals surface area contributed by atoms with Crippen molar-refractivity contribution in [1.82, 2.24) is 0 Å². The van der Waals surface area contributed by atoms with Gasteiger partial charge in [-0.15, -0.1) is 0 Å².